The van der Waals surface area contributed by atoms with Crippen molar-refractivity contribution in [2.45, 2.75) is 32.2 Å². The molecular formula is C17H18ClFN4O3S. The molecule has 1 N–H and O–H groups in total. The number of benzene rings is 1. The summed E-state index contributed by atoms with van der Waals surface area (Å²) in [5.74, 6) is -0.0237. The minimum atomic E-state index is -3.94. The topological polar surface area (TPSA) is 90.0 Å². The maximum Gasteiger partial charge on any atom is 0.250 e. The van der Waals surface area contributed by atoms with Crippen LogP contribution in [-0.2, 0) is 23.6 Å². The van der Waals surface area contributed by atoms with Crippen LogP contribution in [0.25, 0.3) is 11.5 Å². The second-order valence-electron chi connectivity index (χ2n) is 6.12. The lowest BCUT2D eigenvalue weighted by Crippen LogP contribution is -2.24. The number of nitrogens with zero attached hydrogens (tertiary/aromatic N) is 3. The molecule has 0 aliphatic heterocycles. The minimum Gasteiger partial charge on any atom is -0.421 e. The maximum atomic E-state index is 13.2. The Kier molecular flexibility index (Phi) is 5.11. The third kappa shape index (κ3) is 3.62. The first-order valence-corrected chi connectivity index (χ1v) is 9.88. The molecule has 0 saturated carbocycles. The number of aromatic nitrogens is 3. The summed E-state index contributed by atoms with van der Waals surface area (Å²) in [6.45, 7) is 5.01. The molecule has 2 heterocycles. The molecule has 0 bridgehead atoms. The first kappa shape index (κ1) is 19.5. The summed E-state index contributed by atoms with van der Waals surface area (Å²) in [7, 11) is -2.18. The first-order chi connectivity index (χ1) is 12.6. The van der Waals surface area contributed by atoms with E-state index in [0.29, 0.717) is 28.4 Å². The lowest BCUT2D eigenvalue weighted by Gasteiger charge is -2.09. The largest absolute Gasteiger partial charge is 0.421 e. The monoisotopic (exact) mass is 412 g/mol. The van der Waals surface area contributed by atoms with Gasteiger partial charge in [-0.15, -0.1) is 10.2 Å². The smallest absolute Gasteiger partial charge is 0.250 e. The van der Waals surface area contributed by atoms with Crippen LogP contribution < -0.4 is 4.72 Å². The molecule has 0 fully saturated rings. The Labute approximate surface area is 161 Å². The number of hydrogen-bond donors (Lipinski definition) is 1. The molecule has 0 atom stereocenters. The normalized spacial score (nSPS) is 11.9. The number of sulfonamides is 1. The van der Waals surface area contributed by atoms with Gasteiger partial charge in [0.15, 0.2) is 0 Å². The SMILES string of the molecule is Cc1nnc(-c2c(S(=O)(=O)NCc3ccc(F)cc3Cl)c(C)n(C)c2C)o1. The van der Waals surface area contributed by atoms with Crippen molar-refractivity contribution in [1.82, 2.24) is 19.5 Å². The number of nitrogens with one attached hydrogen (secondary N) is 1. The average molecular weight is 413 g/mol. The van der Waals surface area contributed by atoms with Crippen LogP contribution in [0.3, 0.4) is 0 Å². The highest BCUT2D eigenvalue weighted by Crippen LogP contribution is 2.34. The lowest BCUT2D eigenvalue weighted by atomic mass is 10.2. The quantitative estimate of drug-likeness (QED) is 0.694. The minimum absolute atomic E-state index is 0.0596. The van der Waals surface area contributed by atoms with Crippen molar-refractivity contribution in [2.75, 3.05) is 0 Å². The second kappa shape index (κ2) is 7.06. The number of aryl methyl sites for hydroxylation is 1. The molecule has 3 aromatic rings. The summed E-state index contributed by atoms with van der Waals surface area (Å²) in [5.41, 5.74) is 2.02. The molecule has 0 aliphatic rings. The van der Waals surface area contributed by atoms with Crippen molar-refractivity contribution in [2.24, 2.45) is 7.05 Å². The predicted octanol–water partition coefficient (Wildman–Crippen LogP) is 3.27. The van der Waals surface area contributed by atoms with Gasteiger partial charge in [0.1, 0.15) is 10.7 Å². The van der Waals surface area contributed by atoms with Gasteiger partial charge in [-0.05, 0) is 31.5 Å². The van der Waals surface area contributed by atoms with Gasteiger partial charge in [-0.25, -0.2) is 17.5 Å². The van der Waals surface area contributed by atoms with Crippen molar-refractivity contribution in [3.8, 4) is 11.5 Å². The van der Waals surface area contributed by atoms with E-state index in [1.807, 2.05) is 0 Å². The summed E-state index contributed by atoms with van der Waals surface area (Å²) in [4.78, 5) is 0.0596. The molecule has 3 rings (SSSR count). The van der Waals surface area contributed by atoms with Gasteiger partial charge in [-0.2, -0.15) is 0 Å². The van der Waals surface area contributed by atoms with Crippen LogP contribution in [0.4, 0.5) is 4.39 Å². The van der Waals surface area contributed by atoms with Gasteiger partial charge in [0, 0.05) is 36.9 Å². The molecular weight excluding hydrogens is 395 g/mol. The molecule has 0 radical (unpaired) electrons. The van der Waals surface area contributed by atoms with E-state index in [1.54, 1.807) is 32.4 Å². The van der Waals surface area contributed by atoms with Crippen molar-refractivity contribution < 1.29 is 17.2 Å². The van der Waals surface area contributed by atoms with E-state index in [0.717, 1.165) is 6.07 Å². The summed E-state index contributed by atoms with van der Waals surface area (Å²) >= 11 is 5.98. The fourth-order valence-electron chi connectivity index (χ4n) is 2.81. The van der Waals surface area contributed by atoms with E-state index in [9.17, 15) is 12.8 Å². The van der Waals surface area contributed by atoms with Crippen LogP contribution in [0, 0.1) is 26.6 Å². The van der Waals surface area contributed by atoms with E-state index in [2.05, 4.69) is 14.9 Å². The first-order valence-electron chi connectivity index (χ1n) is 8.01. The van der Waals surface area contributed by atoms with Crippen LogP contribution >= 0.6 is 11.6 Å². The van der Waals surface area contributed by atoms with Crippen molar-refractivity contribution in [1.29, 1.82) is 0 Å². The van der Waals surface area contributed by atoms with E-state index in [1.165, 1.54) is 12.1 Å². The van der Waals surface area contributed by atoms with E-state index in [-0.39, 0.29) is 22.4 Å². The Balaban J connectivity index is 2.03. The second-order valence-corrected chi connectivity index (χ2v) is 8.23. The lowest BCUT2D eigenvalue weighted by molar-refractivity contribution is 0.530. The molecule has 0 spiro atoms. The van der Waals surface area contributed by atoms with Gasteiger partial charge >= 0.3 is 0 Å². The Hall–Kier alpha value is -2.23. The van der Waals surface area contributed by atoms with E-state index in [4.69, 9.17) is 16.0 Å². The zero-order chi connectivity index (χ0) is 19.9. The molecule has 1 aromatic carbocycles. The molecule has 0 amide bonds. The predicted molar refractivity (Wildman–Crippen MR) is 98.4 cm³/mol. The standard InChI is InChI=1S/C17H18ClFN4O3S/c1-9-15(17-22-21-11(3)26-17)16(10(2)23(9)4)27(24,25)20-8-12-5-6-13(19)7-14(12)18/h5-7,20H,8H2,1-4H3. The summed E-state index contributed by atoms with van der Waals surface area (Å²) < 4.78 is 49.0. The van der Waals surface area contributed by atoms with Gasteiger partial charge in [-0.3, -0.25) is 0 Å². The number of halogens is 2. The summed E-state index contributed by atoms with van der Waals surface area (Å²) in [5, 5.41) is 7.89. The van der Waals surface area contributed by atoms with Gasteiger partial charge < -0.3 is 8.98 Å². The van der Waals surface area contributed by atoms with Crippen LogP contribution in [0.5, 0.6) is 0 Å². The summed E-state index contributed by atoms with van der Waals surface area (Å²) in [6.07, 6.45) is 0. The third-order valence-electron chi connectivity index (χ3n) is 4.40. The number of rotatable bonds is 5. The maximum absolute atomic E-state index is 13.2. The zero-order valence-corrected chi connectivity index (χ0v) is 16.7. The Morgan fingerprint density at radius 3 is 2.52 bits per heavy atom. The Morgan fingerprint density at radius 2 is 1.93 bits per heavy atom. The molecule has 27 heavy (non-hydrogen) atoms. The van der Waals surface area contributed by atoms with E-state index >= 15 is 0 Å². The molecule has 2 aromatic heterocycles. The van der Waals surface area contributed by atoms with Crippen LogP contribution in [0.1, 0.15) is 22.8 Å². The average Bonchev–Trinajstić information content (AvgIpc) is 3.11. The zero-order valence-electron chi connectivity index (χ0n) is 15.2. The van der Waals surface area contributed by atoms with E-state index < -0.39 is 15.8 Å². The van der Waals surface area contributed by atoms with Crippen molar-refractivity contribution in [3.63, 3.8) is 0 Å². The highest BCUT2D eigenvalue weighted by molar-refractivity contribution is 7.89. The van der Waals surface area contributed by atoms with Crippen molar-refractivity contribution in [3.05, 3.63) is 51.9 Å². The van der Waals surface area contributed by atoms with Gasteiger partial charge in [0.25, 0.3) is 5.89 Å². The molecule has 0 unspecified atom stereocenters. The van der Waals surface area contributed by atoms with Crippen LogP contribution in [0.15, 0.2) is 27.5 Å². The van der Waals surface area contributed by atoms with Crippen LogP contribution in [-0.4, -0.2) is 23.2 Å². The third-order valence-corrected chi connectivity index (χ3v) is 6.31. The Bertz CT molecular complexity index is 1120. The fourth-order valence-corrected chi connectivity index (χ4v) is 4.56. The van der Waals surface area contributed by atoms with Gasteiger partial charge in [0.2, 0.25) is 15.9 Å². The Morgan fingerprint density at radius 1 is 1.22 bits per heavy atom. The van der Waals surface area contributed by atoms with Crippen LogP contribution in [0.2, 0.25) is 5.02 Å². The number of hydrogen-bond acceptors (Lipinski definition) is 5. The molecule has 7 nitrogen and oxygen atoms in total. The highest BCUT2D eigenvalue weighted by Gasteiger charge is 2.30. The fraction of sp³-hybridized carbons (Fsp3) is 0.294. The highest BCUT2D eigenvalue weighted by atomic mass is 35.5. The van der Waals surface area contributed by atoms with Gasteiger partial charge in [-0.1, -0.05) is 17.7 Å². The summed E-state index contributed by atoms with van der Waals surface area (Å²) in [6, 6.07) is 3.79. The molecule has 0 saturated heterocycles. The van der Waals surface area contributed by atoms with Crippen molar-refractivity contribution >= 4 is 21.6 Å². The molecule has 10 heteroatoms. The van der Waals surface area contributed by atoms with Gasteiger partial charge in [0.05, 0.1) is 5.56 Å². The molecule has 0 aliphatic carbocycles. The molecule has 144 valence electrons.